The number of benzene rings is 1. The standard InChI is InChI=1S/C14H17BrN2O2/c1-8(2)13-14(19)16-7-11(18)17(13)10-6-4-5-9(3)12(10)15/h4-6,8,13H,7H2,1-3H3,(H,16,19). The molecule has 1 saturated heterocycles. The van der Waals surface area contributed by atoms with Crippen LogP contribution >= 0.6 is 15.9 Å². The second-order valence-corrected chi connectivity index (χ2v) is 5.87. The van der Waals surface area contributed by atoms with Crippen LogP contribution in [0.5, 0.6) is 0 Å². The fourth-order valence-electron chi connectivity index (χ4n) is 2.33. The van der Waals surface area contributed by atoms with E-state index in [0.29, 0.717) is 0 Å². The van der Waals surface area contributed by atoms with Crippen LogP contribution in [0.15, 0.2) is 22.7 Å². The van der Waals surface area contributed by atoms with Crippen LogP contribution in [0.25, 0.3) is 0 Å². The third-order valence-electron chi connectivity index (χ3n) is 3.29. The molecular formula is C14H17BrN2O2. The minimum Gasteiger partial charge on any atom is -0.345 e. The van der Waals surface area contributed by atoms with E-state index in [0.717, 1.165) is 15.7 Å². The fourth-order valence-corrected chi connectivity index (χ4v) is 2.78. The normalized spacial score (nSPS) is 19.8. The van der Waals surface area contributed by atoms with E-state index < -0.39 is 6.04 Å². The van der Waals surface area contributed by atoms with Gasteiger partial charge in [0.2, 0.25) is 11.8 Å². The zero-order chi connectivity index (χ0) is 14.2. The van der Waals surface area contributed by atoms with Crippen LogP contribution in [-0.2, 0) is 9.59 Å². The number of hydrogen-bond donors (Lipinski definition) is 1. The first-order valence-corrected chi connectivity index (χ1v) is 7.07. The van der Waals surface area contributed by atoms with Crippen LogP contribution in [0.3, 0.4) is 0 Å². The van der Waals surface area contributed by atoms with Gasteiger partial charge >= 0.3 is 0 Å². The van der Waals surface area contributed by atoms with Crippen LogP contribution in [0.4, 0.5) is 5.69 Å². The molecule has 0 aromatic heterocycles. The van der Waals surface area contributed by atoms with E-state index in [2.05, 4.69) is 21.2 Å². The summed E-state index contributed by atoms with van der Waals surface area (Å²) in [5.74, 6) is -0.121. The van der Waals surface area contributed by atoms with Crippen molar-refractivity contribution in [2.24, 2.45) is 5.92 Å². The van der Waals surface area contributed by atoms with Gasteiger partial charge in [-0.15, -0.1) is 0 Å². The molecule has 19 heavy (non-hydrogen) atoms. The number of hydrogen-bond acceptors (Lipinski definition) is 2. The van der Waals surface area contributed by atoms with Gasteiger partial charge in [-0.05, 0) is 40.4 Å². The Kier molecular flexibility index (Phi) is 3.94. The molecule has 0 radical (unpaired) electrons. The minimum absolute atomic E-state index is 0.0525. The Morgan fingerprint density at radius 2 is 2.05 bits per heavy atom. The van der Waals surface area contributed by atoms with E-state index in [9.17, 15) is 9.59 Å². The Hall–Kier alpha value is -1.36. The maximum Gasteiger partial charge on any atom is 0.247 e. The summed E-state index contributed by atoms with van der Waals surface area (Å²) in [5, 5.41) is 2.65. The highest BCUT2D eigenvalue weighted by Crippen LogP contribution is 2.33. The third-order valence-corrected chi connectivity index (χ3v) is 4.32. The lowest BCUT2D eigenvalue weighted by Gasteiger charge is -2.37. The van der Waals surface area contributed by atoms with E-state index in [1.807, 2.05) is 39.0 Å². The predicted octanol–water partition coefficient (Wildman–Crippen LogP) is 2.24. The van der Waals surface area contributed by atoms with E-state index in [1.165, 1.54) is 0 Å². The highest BCUT2D eigenvalue weighted by atomic mass is 79.9. The van der Waals surface area contributed by atoms with Crippen molar-refractivity contribution in [1.82, 2.24) is 5.32 Å². The van der Waals surface area contributed by atoms with Crippen molar-refractivity contribution in [1.29, 1.82) is 0 Å². The third kappa shape index (κ3) is 2.52. The maximum absolute atomic E-state index is 12.2. The van der Waals surface area contributed by atoms with Crippen molar-refractivity contribution >= 4 is 33.4 Å². The summed E-state index contributed by atoms with van der Waals surface area (Å²) in [6.45, 7) is 5.91. The molecule has 1 heterocycles. The smallest absolute Gasteiger partial charge is 0.247 e. The van der Waals surface area contributed by atoms with E-state index in [4.69, 9.17) is 0 Å². The van der Waals surface area contributed by atoms with Gasteiger partial charge in [0.25, 0.3) is 0 Å². The van der Waals surface area contributed by atoms with E-state index in [-0.39, 0.29) is 24.3 Å². The molecule has 1 unspecified atom stereocenters. The zero-order valence-electron chi connectivity index (χ0n) is 11.2. The summed E-state index contributed by atoms with van der Waals surface area (Å²) in [7, 11) is 0. The van der Waals surface area contributed by atoms with E-state index >= 15 is 0 Å². The maximum atomic E-state index is 12.2. The average molecular weight is 325 g/mol. The SMILES string of the molecule is Cc1cccc(N2C(=O)CNC(=O)C2C(C)C)c1Br. The van der Waals surface area contributed by atoms with Gasteiger partial charge in [-0.2, -0.15) is 0 Å². The molecular weight excluding hydrogens is 308 g/mol. The van der Waals surface area contributed by atoms with Gasteiger partial charge in [0.05, 0.1) is 12.2 Å². The largest absolute Gasteiger partial charge is 0.345 e. The number of carbonyl (C=O) groups excluding carboxylic acids is 2. The Labute approximate surface area is 121 Å². The van der Waals surface area contributed by atoms with Gasteiger partial charge in [0.15, 0.2) is 0 Å². The number of amides is 2. The molecule has 1 atom stereocenters. The molecule has 1 aliphatic heterocycles. The van der Waals surface area contributed by atoms with Gasteiger partial charge in [0, 0.05) is 4.47 Å². The molecule has 0 aliphatic carbocycles. The second-order valence-electron chi connectivity index (χ2n) is 5.08. The monoisotopic (exact) mass is 324 g/mol. The van der Waals surface area contributed by atoms with Crippen LogP contribution < -0.4 is 10.2 Å². The average Bonchev–Trinajstić information content (AvgIpc) is 2.35. The van der Waals surface area contributed by atoms with Crippen molar-refractivity contribution < 1.29 is 9.59 Å². The predicted molar refractivity (Wildman–Crippen MR) is 78.0 cm³/mol. The lowest BCUT2D eigenvalue weighted by molar-refractivity contribution is -0.131. The Bertz CT molecular complexity index is 528. The Balaban J connectivity index is 2.51. The molecule has 1 fully saturated rings. The van der Waals surface area contributed by atoms with E-state index in [1.54, 1.807) is 4.90 Å². The summed E-state index contributed by atoms with van der Waals surface area (Å²) < 4.78 is 0.865. The highest BCUT2D eigenvalue weighted by molar-refractivity contribution is 9.10. The number of halogens is 1. The van der Waals surface area contributed by atoms with Crippen molar-refractivity contribution in [3.63, 3.8) is 0 Å². The molecule has 2 amide bonds. The summed E-state index contributed by atoms with van der Waals surface area (Å²) in [6.07, 6.45) is 0. The van der Waals surface area contributed by atoms with Gasteiger partial charge in [-0.25, -0.2) is 0 Å². The first kappa shape index (κ1) is 14.1. The molecule has 1 aromatic rings. The number of rotatable bonds is 2. The molecule has 1 aromatic carbocycles. The molecule has 0 bridgehead atoms. The topological polar surface area (TPSA) is 49.4 Å². The number of anilines is 1. The van der Waals surface area contributed by atoms with Gasteiger partial charge in [-0.3, -0.25) is 14.5 Å². The first-order valence-electron chi connectivity index (χ1n) is 6.28. The molecule has 1 aliphatic rings. The van der Waals surface area contributed by atoms with Gasteiger partial charge in [0.1, 0.15) is 6.04 Å². The summed E-state index contributed by atoms with van der Waals surface area (Å²) in [4.78, 5) is 25.9. The zero-order valence-corrected chi connectivity index (χ0v) is 12.8. The number of nitrogens with zero attached hydrogens (tertiary/aromatic N) is 1. The highest BCUT2D eigenvalue weighted by Gasteiger charge is 2.38. The van der Waals surface area contributed by atoms with Gasteiger partial charge in [-0.1, -0.05) is 26.0 Å². The van der Waals surface area contributed by atoms with Crippen LogP contribution in [-0.4, -0.2) is 24.4 Å². The lowest BCUT2D eigenvalue weighted by atomic mass is 9.98. The van der Waals surface area contributed by atoms with Gasteiger partial charge < -0.3 is 5.32 Å². The lowest BCUT2D eigenvalue weighted by Crippen LogP contribution is -2.60. The molecule has 0 spiro atoms. The summed E-state index contributed by atoms with van der Waals surface area (Å²) in [5.41, 5.74) is 1.80. The molecule has 1 N–H and O–H groups in total. The Morgan fingerprint density at radius 3 is 2.68 bits per heavy atom. The number of carbonyl (C=O) groups is 2. The van der Waals surface area contributed by atoms with Crippen molar-refractivity contribution in [3.05, 3.63) is 28.2 Å². The molecule has 2 rings (SSSR count). The van der Waals surface area contributed by atoms with Crippen LogP contribution in [0.2, 0.25) is 0 Å². The van der Waals surface area contributed by atoms with Crippen molar-refractivity contribution in [2.75, 3.05) is 11.4 Å². The molecule has 0 saturated carbocycles. The quantitative estimate of drug-likeness (QED) is 0.907. The first-order chi connectivity index (χ1) is 8.93. The molecule has 5 heteroatoms. The van der Waals surface area contributed by atoms with Crippen molar-refractivity contribution in [2.45, 2.75) is 26.8 Å². The van der Waals surface area contributed by atoms with Crippen molar-refractivity contribution in [3.8, 4) is 0 Å². The molecule has 102 valence electrons. The Morgan fingerprint density at radius 1 is 1.37 bits per heavy atom. The number of piperazine rings is 1. The minimum atomic E-state index is -0.459. The second kappa shape index (κ2) is 5.33. The van der Waals surface area contributed by atoms with Crippen LogP contribution in [0.1, 0.15) is 19.4 Å². The van der Waals surface area contributed by atoms with Crippen LogP contribution in [0, 0.1) is 12.8 Å². The number of nitrogens with one attached hydrogen (secondary N) is 1. The molecule has 4 nitrogen and oxygen atoms in total. The fraction of sp³-hybridized carbons (Fsp3) is 0.429. The summed E-state index contributed by atoms with van der Waals surface area (Å²) in [6, 6.07) is 5.27. The number of aryl methyl sites for hydroxylation is 1. The summed E-state index contributed by atoms with van der Waals surface area (Å²) >= 11 is 3.51.